The lowest BCUT2D eigenvalue weighted by molar-refractivity contribution is -0.137. The normalized spacial score (nSPS) is 12.5. The highest BCUT2D eigenvalue weighted by atomic mass is 32.1. The number of carbonyl (C=O) groups excluding carboxylic acids is 1. The number of nitrogens with zero attached hydrogens (tertiary/aromatic N) is 1. The molecule has 0 saturated carbocycles. The molecule has 0 amide bonds. The molecular weight excluding hydrogens is 463 g/mol. The Bertz CT molecular complexity index is 1400. The zero-order chi connectivity index (χ0) is 24.6. The third-order valence-corrected chi connectivity index (χ3v) is 7.06. The second-order valence-corrected chi connectivity index (χ2v) is 9.63. The third-order valence-electron chi connectivity index (χ3n) is 5.83. The van der Waals surface area contributed by atoms with Gasteiger partial charge in [-0.2, -0.15) is 13.2 Å². The van der Waals surface area contributed by atoms with Crippen LogP contribution in [0.15, 0.2) is 40.9 Å². The van der Waals surface area contributed by atoms with Crippen LogP contribution in [-0.4, -0.2) is 18.2 Å². The maximum Gasteiger partial charge on any atom is 0.416 e. The summed E-state index contributed by atoms with van der Waals surface area (Å²) in [5.74, 6) is -0.259. The zero-order valence-corrected chi connectivity index (χ0v) is 20.1. The number of halogens is 3. The van der Waals surface area contributed by atoms with Crippen molar-refractivity contribution in [3.63, 3.8) is 0 Å². The van der Waals surface area contributed by atoms with Gasteiger partial charge < -0.3 is 9.26 Å². The highest BCUT2D eigenvalue weighted by molar-refractivity contribution is 7.19. The van der Waals surface area contributed by atoms with Crippen LogP contribution >= 0.6 is 11.3 Å². The van der Waals surface area contributed by atoms with Gasteiger partial charge in [0.05, 0.1) is 18.4 Å². The van der Waals surface area contributed by atoms with Crippen LogP contribution < -0.4 is 0 Å². The van der Waals surface area contributed by atoms with Gasteiger partial charge in [-0.25, -0.2) is 4.79 Å². The maximum absolute atomic E-state index is 13.2. The predicted octanol–water partition coefficient (Wildman–Crippen LogP) is 7.46. The molecule has 4 rings (SSSR count). The summed E-state index contributed by atoms with van der Waals surface area (Å²) in [6, 6.07) is 7.80. The molecule has 0 aliphatic rings. The van der Waals surface area contributed by atoms with E-state index in [1.54, 1.807) is 12.1 Å². The van der Waals surface area contributed by atoms with Crippen LogP contribution in [0.25, 0.3) is 27.1 Å². The Morgan fingerprint density at radius 2 is 1.94 bits per heavy atom. The van der Waals surface area contributed by atoms with Gasteiger partial charge in [0, 0.05) is 21.0 Å². The number of carbonyl (C=O) groups is 1. The lowest BCUT2D eigenvalue weighted by atomic mass is 9.96. The highest BCUT2D eigenvalue weighted by Crippen LogP contribution is 2.40. The fraction of sp³-hybridized carbons (Fsp3) is 0.308. The number of fused-ring (bicyclic) bond motifs is 2. The number of rotatable bonds is 6. The van der Waals surface area contributed by atoms with Crippen LogP contribution in [0.2, 0.25) is 0 Å². The Hall–Kier alpha value is -3.13. The van der Waals surface area contributed by atoms with Crippen molar-refractivity contribution in [1.82, 2.24) is 5.16 Å². The molecule has 0 bridgehead atoms. The summed E-state index contributed by atoms with van der Waals surface area (Å²) in [7, 11) is 1.32. The van der Waals surface area contributed by atoms with Gasteiger partial charge in [-0.1, -0.05) is 25.1 Å². The molecule has 2 aromatic carbocycles. The number of thiophene rings is 1. The predicted molar refractivity (Wildman–Crippen MR) is 128 cm³/mol. The molecule has 0 radical (unpaired) electrons. The first-order valence-electron chi connectivity index (χ1n) is 10.9. The van der Waals surface area contributed by atoms with Crippen molar-refractivity contribution in [2.45, 2.75) is 45.7 Å². The molecule has 0 aliphatic heterocycles. The lowest BCUT2D eigenvalue weighted by Crippen LogP contribution is -2.03. The SMILES string of the molecule is COC(=O)C=Cc1cc2onc(CCc3sc4cc(C(F)(F)F)ccc4c3C(C)C)c2cc1C. The van der Waals surface area contributed by atoms with Gasteiger partial charge in [0.1, 0.15) is 0 Å². The van der Waals surface area contributed by atoms with E-state index in [0.717, 1.165) is 44.1 Å². The number of esters is 1. The van der Waals surface area contributed by atoms with Crippen molar-refractivity contribution in [2.75, 3.05) is 7.11 Å². The minimum Gasteiger partial charge on any atom is -0.466 e. The van der Waals surface area contributed by atoms with Crippen molar-refractivity contribution in [1.29, 1.82) is 0 Å². The summed E-state index contributed by atoms with van der Waals surface area (Å²) in [4.78, 5) is 12.5. The van der Waals surface area contributed by atoms with Crippen molar-refractivity contribution >= 4 is 44.4 Å². The third kappa shape index (κ3) is 4.73. The second kappa shape index (κ2) is 9.25. The molecular formula is C26H24F3NO3S. The minimum atomic E-state index is -4.36. The van der Waals surface area contributed by atoms with E-state index in [9.17, 15) is 18.0 Å². The molecule has 2 aromatic heterocycles. The molecule has 0 spiro atoms. The van der Waals surface area contributed by atoms with Gasteiger partial charge in [-0.05, 0) is 78.1 Å². The van der Waals surface area contributed by atoms with Gasteiger partial charge in [-0.15, -0.1) is 11.3 Å². The fourth-order valence-electron chi connectivity index (χ4n) is 4.14. The summed E-state index contributed by atoms with van der Waals surface area (Å²) >= 11 is 1.42. The molecule has 4 nitrogen and oxygen atoms in total. The first-order valence-corrected chi connectivity index (χ1v) is 11.7. The molecule has 0 saturated heterocycles. The zero-order valence-electron chi connectivity index (χ0n) is 19.2. The molecule has 0 atom stereocenters. The Labute approximate surface area is 199 Å². The van der Waals surface area contributed by atoms with Crippen LogP contribution in [0.1, 0.15) is 52.6 Å². The van der Waals surface area contributed by atoms with Crippen molar-refractivity contribution in [3.05, 3.63) is 69.2 Å². The standard InChI is InChI=1S/C26H24F3NO3S/c1-14(2)25-18-7-6-17(26(27,28)29)13-23(18)34-22(25)9-8-20-19-11-15(3)16(5-10-24(31)32-4)12-21(19)33-30-20/h5-7,10-14H,8-9H2,1-4H3. The van der Waals surface area contributed by atoms with E-state index in [1.165, 1.54) is 30.6 Å². The number of methoxy groups -OCH3 is 1. The van der Waals surface area contributed by atoms with Crippen molar-refractivity contribution in [2.24, 2.45) is 0 Å². The van der Waals surface area contributed by atoms with Crippen LogP contribution in [0.4, 0.5) is 13.2 Å². The van der Waals surface area contributed by atoms with Crippen LogP contribution in [0, 0.1) is 6.92 Å². The Morgan fingerprint density at radius 1 is 1.18 bits per heavy atom. The van der Waals surface area contributed by atoms with Crippen LogP contribution in [0.5, 0.6) is 0 Å². The lowest BCUT2D eigenvalue weighted by Gasteiger charge is -2.09. The molecule has 0 aliphatic carbocycles. The average molecular weight is 488 g/mol. The molecule has 178 valence electrons. The average Bonchev–Trinajstić information content (AvgIpc) is 3.34. The molecule has 0 N–H and O–H groups in total. The molecule has 4 aromatic rings. The topological polar surface area (TPSA) is 52.3 Å². The van der Waals surface area contributed by atoms with Crippen LogP contribution in [-0.2, 0) is 28.5 Å². The van der Waals surface area contributed by atoms with E-state index < -0.39 is 17.7 Å². The monoisotopic (exact) mass is 487 g/mol. The molecule has 0 unspecified atom stereocenters. The van der Waals surface area contributed by atoms with Crippen molar-refractivity contribution in [3.8, 4) is 0 Å². The van der Waals surface area contributed by atoms with Crippen molar-refractivity contribution < 1.29 is 27.2 Å². The van der Waals surface area contributed by atoms with E-state index >= 15 is 0 Å². The van der Waals surface area contributed by atoms with Crippen LogP contribution in [0.3, 0.4) is 0 Å². The summed E-state index contributed by atoms with van der Waals surface area (Å²) in [5, 5.41) is 6.01. The molecule has 34 heavy (non-hydrogen) atoms. The van der Waals surface area contributed by atoms with E-state index in [0.29, 0.717) is 23.1 Å². The molecule has 0 fully saturated rings. The number of aromatic nitrogens is 1. The quantitative estimate of drug-likeness (QED) is 0.209. The first-order chi connectivity index (χ1) is 16.1. The van der Waals surface area contributed by atoms with E-state index in [4.69, 9.17) is 4.52 Å². The van der Waals surface area contributed by atoms with Gasteiger partial charge >= 0.3 is 12.1 Å². The van der Waals surface area contributed by atoms with E-state index in [1.807, 2.05) is 19.1 Å². The Balaban J connectivity index is 1.64. The largest absolute Gasteiger partial charge is 0.466 e. The summed E-state index contributed by atoms with van der Waals surface area (Å²) in [6.07, 6.45) is -0.0886. The van der Waals surface area contributed by atoms with Gasteiger partial charge in [0.2, 0.25) is 0 Å². The molecule has 8 heteroatoms. The van der Waals surface area contributed by atoms with Gasteiger partial charge in [-0.3, -0.25) is 0 Å². The Morgan fingerprint density at radius 3 is 2.62 bits per heavy atom. The molecule has 2 heterocycles. The number of alkyl halides is 3. The minimum absolute atomic E-state index is 0.181. The maximum atomic E-state index is 13.2. The number of hydrogen-bond acceptors (Lipinski definition) is 5. The number of benzene rings is 2. The Kier molecular flexibility index (Phi) is 6.53. The van der Waals surface area contributed by atoms with Gasteiger partial charge in [0.25, 0.3) is 0 Å². The highest BCUT2D eigenvalue weighted by Gasteiger charge is 2.31. The fourth-order valence-corrected chi connectivity index (χ4v) is 5.54. The second-order valence-electron chi connectivity index (χ2n) is 8.49. The summed E-state index contributed by atoms with van der Waals surface area (Å²) < 4.78 is 50.4. The summed E-state index contributed by atoms with van der Waals surface area (Å²) in [5.41, 5.74) is 3.66. The number of aryl methyl sites for hydroxylation is 3. The number of ether oxygens (including phenoxy) is 1. The smallest absolute Gasteiger partial charge is 0.416 e. The number of hydrogen-bond donors (Lipinski definition) is 0. The first kappa shape index (κ1) is 24.0. The van der Waals surface area contributed by atoms with E-state index in [-0.39, 0.29) is 5.92 Å². The van der Waals surface area contributed by atoms with E-state index in [2.05, 4.69) is 23.7 Å². The summed E-state index contributed by atoms with van der Waals surface area (Å²) in [6.45, 7) is 6.05. The van der Waals surface area contributed by atoms with Gasteiger partial charge in [0.15, 0.2) is 5.58 Å².